The number of nitrogens with zero attached hydrogens (tertiary/aromatic N) is 1. The first kappa shape index (κ1) is 27.8. The number of primary amides is 1. The Hall–Kier alpha value is -3.22. The molecule has 0 radical (unpaired) electrons. The lowest BCUT2D eigenvalue weighted by atomic mass is 10.0. The van der Waals surface area contributed by atoms with Crippen LogP contribution < -0.4 is 22.1 Å². The molecule has 33 heavy (non-hydrogen) atoms. The lowest BCUT2D eigenvalue weighted by Crippen LogP contribution is -2.57. The molecule has 1 saturated heterocycles. The summed E-state index contributed by atoms with van der Waals surface area (Å²) in [6.45, 7) is 3.56. The molecule has 0 aromatic heterocycles. The number of carbonyl (C=O) groups is 6. The zero-order valence-electron chi connectivity index (χ0n) is 18.8. The molecule has 8 N–H and O–H groups in total. The molecule has 4 amide bonds. The summed E-state index contributed by atoms with van der Waals surface area (Å²) in [5.41, 5.74) is 11.0. The van der Waals surface area contributed by atoms with Crippen molar-refractivity contribution in [2.24, 2.45) is 17.4 Å². The third-order valence-electron chi connectivity index (χ3n) is 5.42. The maximum Gasteiger partial charge on any atom is 0.326 e. The third kappa shape index (κ3) is 8.67. The molecule has 13 nitrogen and oxygen atoms in total. The number of carboxylic acid groups (broad SMARTS) is 2. The number of carboxylic acids is 2. The van der Waals surface area contributed by atoms with E-state index >= 15 is 0 Å². The van der Waals surface area contributed by atoms with Crippen LogP contribution in [-0.2, 0) is 28.8 Å². The van der Waals surface area contributed by atoms with E-state index in [1.165, 1.54) is 0 Å². The van der Waals surface area contributed by atoms with Crippen LogP contribution in [0, 0.1) is 5.92 Å². The number of likely N-dealkylation sites (tertiary alicyclic amines) is 1. The number of rotatable bonds is 13. The largest absolute Gasteiger partial charge is 0.481 e. The van der Waals surface area contributed by atoms with Gasteiger partial charge < -0.3 is 37.2 Å². The summed E-state index contributed by atoms with van der Waals surface area (Å²) in [6, 6.07) is -4.60. The normalized spacial score (nSPS) is 18.3. The van der Waals surface area contributed by atoms with Gasteiger partial charge in [0.05, 0.1) is 6.04 Å². The lowest BCUT2D eigenvalue weighted by molar-refractivity contribution is -0.149. The summed E-state index contributed by atoms with van der Waals surface area (Å²) >= 11 is 0. The number of hydrogen-bond acceptors (Lipinski definition) is 7. The second-order valence-electron chi connectivity index (χ2n) is 8.36. The Morgan fingerprint density at radius 1 is 0.970 bits per heavy atom. The van der Waals surface area contributed by atoms with Gasteiger partial charge in [-0.2, -0.15) is 0 Å². The zero-order chi connectivity index (χ0) is 25.3. The highest BCUT2D eigenvalue weighted by molar-refractivity contribution is 5.94. The van der Waals surface area contributed by atoms with Crippen LogP contribution in [-0.4, -0.2) is 81.4 Å². The van der Waals surface area contributed by atoms with Crippen LogP contribution in [0.4, 0.5) is 0 Å². The molecular formula is C20H33N5O8. The molecule has 186 valence electrons. The average molecular weight is 472 g/mol. The van der Waals surface area contributed by atoms with E-state index in [1.807, 2.05) is 0 Å². The Kier molecular flexibility index (Phi) is 10.7. The summed E-state index contributed by atoms with van der Waals surface area (Å²) in [7, 11) is 0. The van der Waals surface area contributed by atoms with Gasteiger partial charge in [0.15, 0.2) is 0 Å². The molecule has 4 unspecified atom stereocenters. The first-order chi connectivity index (χ1) is 15.3. The standard InChI is InChI=1S/C20H33N5O8/c1-10(2)16(22)18(30)23-11(6-8-15(27)28)17(29)24-12(5-7-14(21)26)19(31)25-9-3-4-13(25)20(32)33/h10-13,16H,3-9,22H2,1-2H3,(H2,21,26)(H,23,30)(H,24,29)(H,27,28)(H,32,33). The number of amides is 4. The molecule has 1 heterocycles. The topological polar surface area (TPSA) is 222 Å². The highest BCUT2D eigenvalue weighted by atomic mass is 16.4. The van der Waals surface area contributed by atoms with Crippen molar-refractivity contribution in [1.82, 2.24) is 15.5 Å². The molecule has 13 heteroatoms. The van der Waals surface area contributed by atoms with Crippen LogP contribution in [0.3, 0.4) is 0 Å². The van der Waals surface area contributed by atoms with Crippen molar-refractivity contribution in [1.29, 1.82) is 0 Å². The molecule has 4 atom stereocenters. The van der Waals surface area contributed by atoms with Crippen molar-refractivity contribution in [3.05, 3.63) is 0 Å². The monoisotopic (exact) mass is 471 g/mol. The first-order valence-corrected chi connectivity index (χ1v) is 10.7. The Labute approximate surface area is 191 Å². The number of carbonyl (C=O) groups excluding carboxylic acids is 4. The number of nitrogens with two attached hydrogens (primary N) is 2. The predicted octanol–water partition coefficient (Wildman–Crippen LogP) is -1.85. The summed E-state index contributed by atoms with van der Waals surface area (Å²) in [6.07, 6.45) is -0.440. The van der Waals surface area contributed by atoms with Crippen LogP contribution in [0.5, 0.6) is 0 Å². The van der Waals surface area contributed by atoms with Gasteiger partial charge in [-0.25, -0.2) is 4.79 Å². The second-order valence-corrected chi connectivity index (χ2v) is 8.36. The third-order valence-corrected chi connectivity index (χ3v) is 5.42. The molecule has 0 bridgehead atoms. The molecule has 0 saturated carbocycles. The van der Waals surface area contributed by atoms with E-state index in [0.717, 1.165) is 4.90 Å². The van der Waals surface area contributed by atoms with E-state index < -0.39 is 66.2 Å². The molecule has 0 aromatic rings. The van der Waals surface area contributed by atoms with Crippen LogP contribution in [0.15, 0.2) is 0 Å². The van der Waals surface area contributed by atoms with Crippen molar-refractivity contribution in [2.45, 2.75) is 76.5 Å². The first-order valence-electron chi connectivity index (χ1n) is 10.7. The Balaban J connectivity index is 3.05. The molecule has 1 aliphatic heterocycles. The van der Waals surface area contributed by atoms with E-state index in [4.69, 9.17) is 16.6 Å². The maximum absolute atomic E-state index is 13.0. The lowest BCUT2D eigenvalue weighted by Gasteiger charge is -2.29. The summed E-state index contributed by atoms with van der Waals surface area (Å²) in [4.78, 5) is 73.1. The van der Waals surface area contributed by atoms with Gasteiger partial charge in [-0.3, -0.25) is 24.0 Å². The molecule has 1 fully saturated rings. The Bertz CT molecular complexity index is 772. The number of aliphatic carboxylic acids is 2. The van der Waals surface area contributed by atoms with E-state index in [1.54, 1.807) is 13.8 Å². The summed E-state index contributed by atoms with van der Waals surface area (Å²) in [5, 5.41) is 23.2. The highest BCUT2D eigenvalue weighted by Gasteiger charge is 2.38. The van der Waals surface area contributed by atoms with Crippen molar-refractivity contribution < 1.29 is 39.0 Å². The van der Waals surface area contributed by atoms with Crippen LogP contribution in [0.25, 0.3) is 0 Å². The van der Waals surface area contributed by atoms with Gasteiger partial charge in [0.2, 0.25) is 23.6 Å². The van der Waals surface area contributed by atoms with Crippen molar-refractivity contribution in [2.75, 3.05) is 6.54 Å². The van der Waals surface area contributed by atoms with Crippen molar-refractivity contribution in [3.8, 4) is 0 Å². The summed E-state index contributed by atoms with van der Waals surface area (Å²) < 4.78 is 0. The SMILES string of the molecule is CC(C)C(N)C(=O)NC(CCC(=O)O)C(=O)NC(CCC(N)=O)C(=O)N1CCCC1C(=O)O. The van der Waals surface area contributed by atoms with Gasteiger partial charge in [0, 0.05) is 19.4 Å². The van der Waals surface area contributed by atoms with Gasteiger partial charge in [-0.15, -0.1) is 0 Å². The summed E-state index contributed by atoms with van der Waals surface area (Å²) in [5.74, 6) is -5.57. The van der Waals surface area contributed by atoms with E-state index in [2.05, 4.69) is 10.6 Å². The Morgan fingerprint density at radius 3 is 2.06 bits per heavy atom. The van der Waals surface area contributed by atoms with Gasteiger partial charge in [-0.1, -0.05) is 13.8 Å². The number of nitrogens with one attached hydrogen (secondary N) is 2. The maximum atomic E-state index is 13.0. The van der Waals surface area contributed by atoms with Crippen LogP contribution in [0.2, 0.25) is 0 Å². The van der Waals surface area contributed by atoms with Gasteiger partial charge >= 0.3 is 11.9 Å². The average Bonchev–Trinajstić information content (AvgIpc) is 3.22. The molecule has 1 rings (SSSR count). The van der Waals surface area contributed by atoms with E-state index in [-0.39, 0.29) is 38.1 Å². The fourth-order valence-electron chi connectivity index (χ4n) is 3.41. The van der Waals surface area contributed by atoms with Crippen molar-refractivity contribution in [3.63, 3.8) is 0 Å². The molecular weight excluding hydrogens is 438 g/mol. The molecule has 0 aromatic carbocycles. The molecule has 0 aliphatic carbocycles. The molecule has 1 aliphatic rings. The molecule has 0 spiro atoms. The smallest absolute Gasteiger partial charge is 0.326 e. The minimum Gasteiger partial charge on any atom is -0.481 e. The van der Waals surface area contributed by atoms with Crippen LogP contribution in [0.1, 0.15) is 52.4 Å². The fraction of sp³-hybridized carbons (Fsp3) is 0.700. The minimum absolute atomic E-state index is 0.168. The Morgan fingerprint density at radius 2 is 1.55 bits per heavy atom. The van der Waals surface area contributed by atoms with Gasteiger partial charge in [0.1, 0.15) is 18.1 Å². The fourth-order valence-corrected chi connectivity index (χ4v) is 3.41. The van der Waals surface area contributed by atoms with Crippen LogP contribution >= 0.6 is 0 Å². The zero-order valence-corrected chi connectivity index (χ0v) is 18.8. The highest BCUT2D eigenvalue weighted by Crippen LogP contribution is 2.19. The van der Waals surface area contributed by atoms with E-state index in [0.29, 0.717) is 6.42 Å². The second kappa shape index (κ2) is 12.7. The predicted molar refractivity (Wildman–Crippen MR) is 114 cm³/mol. The van der Waals surface area contributed by atoms with Crippen molar-refractivity contribution >= 4 is 35.6 Å². The van der Waals surface area contributed by atoms with E-state index in [9.17, 15) is 33.9 Å². The quantitative estimate of drug-likeness (QED) is 0.177. The van der Waals surface area contributed by atoms with Gasteiger partial charge in [-0.05, 0) is 31.6 Å². The number of hydrogen-bond donors (Lipinski definition) is 6. The minimum atomic E-state index is -1.31. The van der Waals surface area contributed by atoms with Gasteiger partial charge in [0.25, 0.3) is 0 Å².